The highest BCUT2D eigenvalue weighted by molar-refractivity contribution is 5.86. The molecule has 0 saturated heterocycles. The SMILES string of the molecule is CC=CC(=O)OCCOC(=O)C(OCC)=C(C)OCC. The van der Waals surface area contributed by atoms with Crippen molar-refractivity contribution in [1.82, 2.24) is 0 Å². The fourth-order valence-electron chi connectivity index (χ4n) is 1.26. The maximum absolute atomic E-state index is 11.8. The van der Waals surface area contributed by atoms with Gasteiger partial charge in [0.1, 0.15) is 19.0 Å². The minimum absolute atomic E-state index is 0.0119. The molecule has 20 heavy (non-hydrogen) atoms. The highest BCUT2D eigenvalue weighted by Crippen LogP contribution is 2.09. The highest BCUT2D eigenvalue weighted by atomic mass is 16.6. The molecule has 0 amide bonds. The minimum atomic E-state index is -0.639. The lowest BCUT2D eigenvalue weighted by Crippen LogP contribution is -2.17. The van der Waals surface area contributed by atoms with Crippen molar-refractivity contribution in [2.75, 3.05) is 26.4 Å². The first-order valence-corrected chi connectivity index (χ1v) is 6.49. The fraction of sp³-hybridized carbons (Fsp3) is 0.571. The van der Waals surface area contributed by atoms with Gasteiger partial charge >= 0.3 is 11.9 Å². The second kappa shape index (κ2) is 10.9. The first-order chi connectivity index (χ1) is 9.56. The predicted molar refractivity (Wildman–Crippen MR) is 72.7 cm³/mol. The van der Waals surface area contributed by atoms with Crippen LogP contribution in [0.25, 0.3) is 0 Å². The number of esters is 2. The summed E-state index contributed by atoms with van der Waals surface area (Å²) in [5.74, 6) is -0.714. The summed E-state index contributed by atoms with van der Waals surface area (Å²) in [6.45, 7) is 7.59. The number of hydrogen-bond acceptors (Lipinski definition) is 6. The predicted octanol–water partition coefficient (Wildman–Crippen LogP) is 1.95. The molecule has 0 rings (SSSR count). The molecule has 0 radical (unpaired) electrons. The Balaban J connectivity index is 4.28. The molecule has 0 aliphatic rings. The van der Waals surface area contributed by atoms with E-state index >= 15 is 0 Å². The average Bonchev–Trinajstić information content (AvgIpc) is 2.41. The summed E-state index contributed by atoms with van der Waals surface area (Å²) in [4.78, 5) is 22.8. The topological polar surface area (TPSA) is 71.1 Å². The van der Waals surface area contributed by atoms with Crippen molar-refractivity contribution in [1.29, 1.82) is 0 Å². The molecule has 0 fully saturated rings. The van der Waals surface area contributed by atoms with Crippen LogP contribution in [0.5, 0.6) is 0 Å². The molecule has 6 heteroatoms. The third-order valence-electron chi connectivity index (χ3n) is 2.02. The van der Waals surface area contributed by atoms with E-state index in [1.807, 2.05) is 0 Å². The van der Waals surface area contributed by atoms with Gasteiger partial charge in [0, 0.05) is 6.08 Å². The molecule has 0 aromatic rings. The van der Waals surface area contributed by atoms with Crippen LogP contribution in [0.15, 0.2) is 23.7 Å². The van der Waals surface area contributed by atoms with Crippen LogP contribution < -0.4 is 0 Å². The van der Waals surface area contributed by atoms with Gasteiger partial charge in [-0.05, 0) is 27.7 Å². The second-order valence-electron chi connectivity index (χ2n) is 3.55. The lowest BCUT2D eigenvalue weighted by Gasteiger charge is -2.12. The molecule has 0 aliphatic heterocycles. The first-order valence-electron chi connectivity index (χ1n) is 6.49. The molecule has 0 aromatic carbocycles. The van der Waals surface area contributed by atoms with Crippen molar-refractivity contribution < 1.29 is 28.5 Å². The van der Waals surface area contributed by atoms with Gasteiger partial charge in [-0.25, -0.2) is 9.59 Å². The Morgan fingerprint density at radius 2 is 1.55 bits per heavy atom. The van der Waals surface area contributed by atoms with Crippen LogP contribution in [0, 0.1) is 0 Å². The van der Waals surface area contributed by atoms with Crippen molar-refractivity contribution in [2.24, 2.45) is 0 Å². The van der Waals surface area contributed by atoms with Crippen LogP contribution >= 0.6 is 0 Å². The van der Waals surface area contributed by atoms with Crippen molar-refractivity contribution >= 4 is 11.9 Å². The van der Waals surface area contributed by atoms with Gasteiger partial charge in [-0.1, -0.05) is 6.08 Å². The lowest BCUT2D eigenvalue weighted by molar-refractivity contribution is -0.149. The number of allylic oxidation sites excluding steroid dienone is 2. The van der Waals surface area contributed by atoms with E-state index in [4.69, 9.17) is 18.9 Å². The first kappa shape index (κ1) is 18.0. The summed E-state index contributed by atoms with van der Waals surface area (Å²) in [6, 6.07) is 0. The third-order valence-corrected chi connectivity index (χ3v) is 2.02. The van der Waals surface area contributed by atoms with Gasteiger partial charge < -0.3 is 18.9 Å². The normalized spacial score (nSPS) is 11.8. The molecule has 0 N–H and O–H groups in total. The van der Waals surface area contributed by atoms with Gasteiger partial charge in [-0.2, -0.15) is 0 Å². The highest BCUT2D eigenvalue weighted by Gasteiger charge is 2.17. The van der Waals surface area contributed by atoms with Crippen LogP contribution in [0.2, 0.25) is 0 Å². The van der Waals surface area contributed by atoms with Crippen LogP contribution in [-0.2, 0) is 28.5 Å². The maximum Gasteiger partial charge on any atom is 0.377 e. The quantitative estimate of drug-likeness (QED) is 0.279. The number of carbonyl (C=O) groups is 2. The number of rotatable bonds is 9. The zero-order valence-electron chi connectivity index (χ0n) is 12.4. The van der Waals surface area contributed by atoms with E-state index in [1.165, 1.54) is 6.08 Å². The molecular weight excluding hydrogens is 264 g/mol. The van der Waals surface area contributed by atoms with Crippen molar-refractivity contribution in [2.45, 2.75) is 27.7 Å². The summed E-state index contributed by atoms with van der Waals surface area (Å²) in [7, 11) is 0. The van der Waals surface area contributed by atoms with E-state index in [0.29, 0.717) is 19.0 Å². The monoisotopic (exact) mass is 286 g/mol. The Labute approximate surface area is 119 Å². The molecule has 0 heterocycles. The van der Waals surface area contributed by atoms with Crippen LogP contribution in [-0.4, -0.2) is 38.4 Å². The summed E-state index contributed by atoms with van der Waals surface area (Å²) >= 11 is 0. The maximum atomic E-state index is 11.8. The molecular formula is C14H22O6. The van der Waals surface area contributed by atoms with Gasteiger partial charge in [-0.15, -0.1) is 0 Å². The Bertz CT molecular complexity index is 370. The molecule has 114 valence electrons. The lowest BCUT2D eigenvalue weighted by atomic mass is 10.4. The summed E-state index contributed by atoms with van der Waals surface area (Å²) < 4.78 is 20.1. The number of carbonyl (C=O) groups excluding carboxylic acids is 2. The van der Waals surface area contributed by atoms with E-state index < -0.39 is 11.9 Å². The number of ether oxygens (including phenoxy) is 4. The van der Waals surface area contributed by atoms with Gasteiger partial charge in [0.05, 0.1) is 13.2 Å². The Morgan fingerprint density at radius 1 is 0.950 bits per heavy atom. The molecule has 0 saturated carbocycles. The van der Waals surface area contributed by atoms with Crippen LogP contribution in [0.1, 0.15) is 27.7 Å². The van der Waals surface area contributed by atoms with E-state index in [-0.39, 0.29) is 19.0 Å². The molecule has 0 unspecified atom stereocenters. The Kier molecular flexibility index (Phi) is 9.82. The van der Waals surface area contributed by atoms with E-state index in [0.717, 1.165) is 0 Å². The number of hydrogen-bond donors (Lipinski definition) is 0. The summed E-state index contributed by atoms with van der Waals surface area (Å²) in [6.07, 6.45) is 2.85. The van der Waals surface area contributed by atoms with Crippen LogP contribution in [0.3, 0.4) is 0 Å². The standard InChI is InChI=1S/C14H22O6/c1-5-8-12(15)19-9-10-20-14(16)13(18-7-3)11(4)17-6-2/h5,8H,6-7,9-10H2,1-4H3. The van der Waals surface area contributed by atoms with E-state index in [1.54, 1.807) is 33.8 Å². The average molecular weight is 286 g/mol. The van der Waals surface area contributed by atoms with Gasteiger partial charge in [0.15, 0.2) is 0 Å². The summed E-state index contributed by atoms with van der Waals surface area (Å²) in [5, 5.41) is 0. The largest absolute Gasteiger partial charge is 0.494 e. The van der Waals surface area contributed by atoms with Gasteiger partial charge in [-0.3, -0.25) is 0 Å². The Hall–Kier alpha value is -1.98. The Morgan fingerprint density at radius 3 is 2.10 bits per heavy atom. The smallest absolute Gasteiger partial charge is 0.377 e. The fourth-order valence-corrected chi connectivity index (χ4v) is 1.26. The van der Waals surface area contributed by atoms with Crippen molar-refractivity contribution in [3.05, 3.63) is 23.7 Å². The molecule has 0 aromatic heterocycles. The van der Waals surface area contributed by atoms with Crippen molar-refractivity contribution in [3.63, 3.8) is 0 Å². The molecule has 0 atom stereocenters. The summed E-state index contributed by atoms with van der Waals surface area (Å²) in [5.41, 5.74) is 0. The zero-order valence-corrected chi connectivity index (χ0v) is 12.4. The van der Waals surface area contributed by atoms with E-state index in [2.05, 4.69) is 0 Å². The van der Waals surface area contributed by atoms with Gasteiger partial charge in [0.25, 0.3) is 0 Å². The molecule has 0 bridgehead atoms. The second-order valence-corrected chi connectivity index (χ2v) is 3.55. The van der Waals surface area contributed by atoms with Gasteiger partial charge in [0.2, 0.25) is 5.76 Å². The molecule has 0 aliphatic carbocycles. The third kappa shape index (κ3) is 7.45. The minimum Gasteiger partial charge on any atom is -0.494 e. The van der Waals surface area contributed by atoms with Crippen LogP contribution in [0.4, 0.5) is 0 Å². The van der Waals surface area contributed by atoms with Crippen molar-refractivity contribution in [3.8, 4) is 0 Å². The molecule has 0 spiro atoms. The zero-order chi connectivity index (χ0) is 15.4. The molecule has 6 nitrogen and oxygen atoms in total. The van der Waals surface area contributed by atoms with E-state index in [9.17, 15) is 9.59 Å².